The molecule has 6 nitrogen and oxygen atoms in total. The summed E-state index contributed by atoms with van der Waals surface area (Å²) in [6.07, 6.45) is 7.45. The first-order chi connectivity index (χ1) is 15.5. The van der Waals surface area contributed by atoms with Crippen molar-refractivity contribution in [2.75, 3.05) is 6.54 Å². The first-order valence-corrected chi connectivity index (χ1v) is 11.3. The molecule has 4 rings (SSSR count). The van der Waals surface area contributed by atoms with E-state index >= 15 is 0 Å². The van der Waals surface area contributed by atoms with Crippen molar-refractivity contribution in [1.29, 1.82) is 0 Å². The lowest BCUT2D eigenvalue weighted by Gasteiger charge is -2.35. The summed E-state index contributed by atoms with van der Waals surface area (Å²) in [4.78, 5) is 11.6. The molecule has 32 heavy (non-hydrogen) atoms. The van der Waals surface area contributed by atoms with Gasteiger partial charge in [0.25, 0.3) is 0 Å². The molecule has 0 bridgehead atoms. The Morgan fingerprint density at radius 2 is 1.94 bits per heavy atom. The average Bonchev–Trinajstić information content (AvgIpc) is 3.47. The van der Waals surface area contributed by atoms with Gasteiger partial charge >= 0.3 is 6.03 Å². The maximum atomic E-state index is 14.5. The van der Waals surface area contributed by atoms with Crippen molar-refractivity contribution in [3.05, 3.63) is 83.4 Å². The Bertz CT molecular complexity index is 1030. The minimum absolute atomic E-state index is 0.0290. The molecule has 2 aromatic carbocycles. The van der Waals surface area contributed by atoms with Crippen LogP contribution in [0.25, 0.3) is 0 Å². The largest absolute Gasteiger partial charge is 0.363 e. The Balaban J connectivity index is 1.65. The van der Waals surface area contributed by atoms with Gasteiger partial charge < -0.3 is 5.32 Å². The molecule has 9 heteroatoms. The molecule has 1 aliphatic carbocycles. The first kappa shape index (κ1) is 22.4. The highest BCUT2D eigenvalue weighted by atomic mass is 32.2. The molecular weight excluding hydrogens is 434 g/mol. The summed E-state index contributed by atoms with van der Waals surface area (Å²) in [5, 5.41) is 18.5. The SMILES string of the molecule is O=C(NO)N1N=C(c2cc(F)ccc2F)SC1(CCCNC1CC=CC1)c1ccccc1. The van der Waals surface area contributed by atoms with E-state index in [1.54, 1.807) is 5.48 Å². The number of nitrogens with one attached hydrogen (secondary N) is 2. The van der Waals surface area contributed by atoms with Crippen LogP contribution in [0.5, 0.6) is 0 Å². The zero-order valence-electron chi connectivity index (χ0n) is 17.3. The van der Waals surface area contributed by atoms with Gasteiger partial charge in [-0.15, -0.1) is 0 Å². The molecule has 0 aromatic heterocycles. The van der Waals surface area contributed by atoms with Crippen LogP contribution in [0.1, 0.15) is 36.8 Å². The van der Waals surface area contributed by atoms with Crippen LogP contribution in [-0.2, 0) is 4.87 Å². The van der Waals surface area contributed by atoms with Gasteiger partial charge in [-0.25, -0.2) is 19.1 Å². The van der Waals surface area contributed by atoms with Crippen molar-refractivity contribution >= 4 is 22.8 Å². The molecule has 0 fully saturated rings. The topological polar surface area (TPSA) is 77.0 Å². The number of hydrogen-bond donors (Lipinski definition) is 3. The van der Waals surface area contributed by atoms with E-state index in [9.17, 15) is 18.8 Å². The number of amides is 2. The summed E-state index contributed by atoms with van der Waals surface area (Å²) in [6.45, 7) is 0.722. The third-order valence-electron chi connectivity index (χ3n) is 5.60. The van der Waals surface area contributed by atoms with Crippen LogP contribution in [0.15, 0.2) is 65.8 Å². The molecule has 3 N–H and O–H groups in total. The van der Waals surface area contributed by atoms with E-state index in [2.05, 4.69) is 22.6 Å². The predicted molar refractivity (Wildman–Crippen MR) is 120 cm³/mol. The van der Waals surface area contributed by atoms with Crippen molar-refractivity contribution in [2.45, 2.75) is 36.6 Å². The fourth-order valence-corrected chi connectivity index (χ4v) is 5.44. The summed E-state index contributed by atoms with van der Waals surface area (Å²) in [5.41, 5.74) is 2.38. The highest BCUT2D eigenvalue weighted by molar-refractivity contribution is 8.15. The van der Waals surface area contributed by atoms with Gasteiger partial charge in [-0.05, 0) is 56.0 Å². The van der Waals surface area contributed by atoms with Crippen molar-refractivity contribution in [3.8, 4) is 0 Å². The normalized spacial score (nSPS) is 20.6. The van der Waals surface area contributed by atoms with Gasteiger partial charge in [-0.1, -0.05) is 54.2 Å². The molecule has 1 atom stereocenters. The van der Waals surface area contributed by atoms with Crippen molar-refractivity contribution in [1.82, 2.24) is 15.8 Å². The minimum Gasteiger partial charge on any atom is -0.313 e. The molecule has 0 radical (unpaired) electrons. The Morgan fingerprint density at radius 1 is 1.19 bits per heavy atom. The maximum absolute atomic E-state index is 14.5. The van der Waals surface area contributed by atoms with Crippen LogP contribution in [0.4, 0.5) is 13.6 Å². The molecule has 2 amide bonds. The van der Waals surface area contributed by atoms with E-state index < -0.39 is 22.5 Å². The maximum Gasteiger partial charge on any atom is 0.363 e. The fourth-order valence-electron chi connectivity index (χ4n) is 4.02. The molecule has 0 spiro atoms. The van der Waals surface area contributed by atoms with Crippen molar-refractivity contribution < 1.29 is 18.8 Å². The molecule has 1 aliphatic heterocycles. The lowest BCUT2D eigenvalue weighted by Crippen LogP contribution is -2.46. The quantitative estimate of drug-likeness (QED) is 0.243. The van der Waals surface area contributed by atoms with Crippen LogP contribution >= 0.6 is 11.8 Å². The molecular formula is C23H24F2N4O2S. The van der Waals surface area contributed by atoms with E-state index in [-0.39, 0.29) is 10.6 Å². The number of hydrogen-bond acceptors (Lipinski definition) is 5. The smallest absolute Gasteiger partial charge is 0.313 e. The number of hydrazone groups is 1. The molecule has 0 saturated carbocycles. The third kappa shape index (κ3) is 4.55. The lowest BCUT2D eigenvalue weighted by molar-refractivity contribution is 0.107. The molecule has 2 aromatic rings. The van der Waals surface area contributed by atoms with E-state index in [0.29, 0.717) is 18.9 Å². The van der Waals surface area contributed by atoms with Gasteiger partial charge in [-0.2, -0.15) is 10.1 Å². The third-order valence-corrected chi connectivity index (χ3v) is 7.05. The Kier molecular flexibility index (Phi) is 6.88. The second-order valence-corrected chi connectivity index (χ2v) is 8.97. The minimum atomic E-state index is -1.03. The number of hydroxylamine groups is 1. The van der Waals surface area contributed by atoms with Gasteiger partial charge in [0, 0.05) is 11.6 Å². The number of halogens is 2. The van der Waals surface area contributed by atoms with Crippen molar-refractivity contribution in [2.24, 2.45) is 5.10 Å². The summed E-state index contributed by atoms with van der Waals surface area (Å²) in [5.74, 6) is -1.24. The molecule has 1 unspecified atom stereocenters. The van der Waals surface area contributed by atoms with Gasteiger partial charge in [0.2, 0.25) is 0 Å². The highest BCUT2D eigenvalue weighted by Crippen LogP contribution is 2.50. The summed E-state index contributed by atoms with van der Waals surface area (Å²) < 4.78 is 28.4. The summed E-state index contributed by atoms with van der Waals surface area (Å²) in [6, 6.07) is 12.0. The number of carbonyl (C=O) groups is 1. The Morgan fingerprint density at radius 3 is 2.66 bits per heavy atom. The first-order valence-electron chi connectivity index (χ1n) is 10.4. The molecule has 168 valence electrons. The monoisotopic (exact) mass is 458 g/mol. The van der Waals surface area contributed by atoms with E-state index in [1.807, 2.05) is 30.3 Å². The van der Waals surface area contributed by atoms with E-state index in [0.717, 1.165) is 48.2 Å². The predicted octanol–water partition coefficient (Wildman–Crippen LogP) is 4.72. The van der Waals surface area contributed by atoms with Gasteiger partial charge in [0.05, 0.1) is 0 Å². The van der Waals surface area contributed by atoms with Gasteiger partial charge in [0.15, 0.2) is 0 Å². The number of thioether (sulfide) groups is 1. The second-order valence-electron chi connectivity index (χ2n) is 7.71. The van der Waals surface area contributed by atoms with Crippen LogP contribution in [-0.4, -0.2) is 33.9 Å². The standard InChI is InChI=1S/C23H24F2N4O2S/c24-17-11-12-20(25)19(15-17)21-27-29(22(30)28-31)23(32-21,16-7-2-1-3-8-16)13-6-14-26-18-9-4-5-10-18/h1-5,7-8,11-12,15,18,26,31H,6,9-10,13-14H2,(H,28,30). The van der Waals surface area contributed by atoms with Crippen LogP contribution < -0.4 is 10.8 Å². The van der Waals surface area contributed by atoms with Crippen molar-refractivity contribution in [3.63, 3.8) is 0 Å². The molecule has 2 aliphatic rings. The zero-order chi connectivity index (χ0) is 22.6. The Hall–Kier alpha value is -2.75. The van der Waals surface area contributed by atoms with E-state index in [4.69, 9.17) is 0 Å². The van der Waals surface area contributed by atoms with Crippen LogP contribution in [0, 0.1) is 11.6 Å². The van der Waals surface area contributed by atoms with Gasteiger partial charge in [-0.3, -0.25) is 5.21 Å². The van der Waals surface area contributed by atoms with Crippen LogP contribution in [0.2, 0.25) is 0 Å². The second kappa shape index (κ2) is 9.81. The highest BCUT2D eigenvalue weighted by Gasteiger charge is 2.48. The van der Waals surface area contributed by atoms with E-state index in [1.165, 1.54) is 11.8 Å². The lowest BCUT2D eigenvalue weighted by atomic mass is 10.00. The van der Waals surface area contributed by atoms with Gasteiger partial charge in [0.1, 0.15) is 21.5 Å². The number of carbonyl (C=O) groups excluding carboxylic acids is 1. The zero-order valence-corrected chi connectivity index (χ0v) is 18.1. The number of rotatable bonds is 7. The van der Waals surface area contributed by atoms with Crippen LogP contribution in [0.3, 0.4) is 0 Å². The fraction of sp³-hybridized carbons (Fsp3) is 0.304. The number of benzene rings is 2. The number of urea groups is 1. The Labute approximate surface area is 189 Å². The average molecular weight is 459 g/mol. The molecule has 0 saturated heterocycles. The number of nitrogens with zero attached hydrogens (tertiary/aromatic N) is 2. The summed E-state index contributed by atoms with van der Waals surface area (Å²) in [7, 11) is 0. The summed E-state index contributed by atoms with van der Waals surface area (Å²) >= 11 is 1.18. The molecule has 1 heterocycles.